The first-order valence-corrected chi connectivity index (χ1v) is 8.05. The number of ether oxygens (including phenoxy) is 1. The summed E-state index contributed by atoms with van der Waals surface area (Å²) < 4.78 is 5.06. The number of nitrogens with zero attached hydrogens (tertiary/aromatic N) is 1. The van der Waals surface area contributed by atoms with Crippen molar-refractivity contribution in [2.45, 2.75) is 19.6 Å². The molecule has 8 heteroatoms. The Bertz CT molecular complexity index is 754. The molecule has 1 amide bonds. The Hall–Kier alpha value is -1.82. The summed E-state index contributed by atoms with van der Waals surface area (Å²) in [7, 11) is 0. The summed E-state index contributed by atoms with van der Waals surface area (Å²) in [6.07, 6.45) is 0.167. The van der Waals surface area contributed by atoms with Crippen molar-refractivity contribution in [3.63, 3.8) is 0 Å². The SMILES string of the molecule is CC(OC(=O)c1ncc(Cl)c(Cl)c1Cl)C(=O)NCc1ccccc1. The predicted octanol–water partition coefficient (Wildman–Crippen LogP) is 3.90. The molecule has 1 heterocycles. The first kappa shape index (κ1) is 18.5. The number of esters is 1. The van der Waals surface area contributed by atoms with E-state index < -0.39 is 18.0 Å². The van der Waals surface area contributed by atoms with Gasteiger partial charge in [-0.2, -0.15) is 0 Å². The van der Waals surface area contributed by atoms with E-state index in [4.69, 9.17) is 39.5 Å². The van der Waals surface area contributed by atoms with Gasteiger partial charge in [0.15, 0.2) is 11.8 Å². The second-order valence-electron chi connectivity index (χ2n) is 4.83. The van der Waals surface area contributed by atoms with Gasteiger partial charge in [-0.3, -0.25) is 4.79 Å². The number of hydrogen-bond acceptors (Lipinski definition) is 4. The van der Waals surface area contributed by atoms with Gasteiger partial charge in [0.1, 0.15) is 0 Å². The lowest BCUT2D eigenvalue weighted by atomic mass is 10.2. The molecule has 0 bridgehead atoms. The summed E-state index contributed by atoms with van der Waals surface area (Å²) in [5.74, 6) is -1.30. The van der Waals surface area contributed by atoms with Crippen LogP contribution in [-0.4, -0.2) is 23.0 Å². The minimum absolute atomic E-state index is 0.00136. The van der Waals surface area contributed by atoms with E-state index in [0.29, 0.717) is 6.54 Å². The molecule has 0 aliphatic rings. The van der Waals surface area contributed by atoms with Gasteiger partial charge in [0.05, 0.1) is 15.1 Å². The molecule has 126 valence electrons. The van der Waals surface area contributed by atoms with Gasteiger partial charge in [-0.15, -0.1) is 0 Å². The molecular weight excluding hydrogens is 375 g/mol. The summed E-state index contributed by atoms with van der Waals surface area (Å²) in [6, 6.07) is 9.35. The molecule has 1 unspecified atom stereocenters. The molecule has 0 saturated heterocycles. The summed E-state index contributed by atoms with van der Waals surface area (Å²) in [5.41, 5.74) is 0.729. The van der Waals surface area contributed by atoms with Crippen LogP contribution >= 0.6 is 34.8 Å². The molecule has 0 radical (unpaired) electrons. The van der Waals surface area contributed by atoms with Crippen molar-refractivity contribution in [3.05, 3.63) is 62.9 Å². The fourth-order valence-electron chi connectivity index (χ4n) is 1.78. The normalized spacial score (nSPS) is 11.7. The number of rotatable bonds is 5. The Morgan fingerprint density at radius 2 is 1.83 bits per heavy atom. The lowest BCUT2D eigenvalue weighted by Crippen LogP contribution is -2.35. The number of benzene rings is 1. The number of halogens is 3. The average molecular weight is 388 g/mol. The monoisotopic (exact) mass is 386 g/mol. The molecule has 1 N–H and O–H groups in total. The van der Waals surface area contributed by atoms with Crippen LogP contribution in [0.3, 0.4) is 0 Å². The molecule has 2 rings (SSSR count). The van der Waals surface area contributed by atoms with Gasteiger partial charge in [-0.25, -0.2) is 9.78 Å². The van der Waals surface area contributed by atoms with Gasteiger partial charge in [-0.05, 0) is 12.5 Å². The molecule has 0 aliphatic heterocycles. The van der Waals surface area contributed by atoms with Crippen molar-refractivity contribution in [1.82, 2.24) is 10.3 Å². The van der Waals surface area contributed by atoms with E-state index in [1.807, 2.05) is 30.3 Å². The zero-order valence-electron chi connectivity index (χ0n) is 12.6. The van der Waals surface area contributed by atoms with Crippen LogP contribution in [0.25, 0.3) is 0 Å². The van der Waals surface area contributed by atoms with Gasteiger partial charge in [0.25, 0.3) is 5.91 Å². The molecule has 1 aromatic carbocycles. The Morgan fingerprint density at radius 1 is 1.17 bits per heavy atom. The van der Waals surface area contributed by atoms with Crippen molar-refractivity contribution >= 4 is 46.7 Å². The number of carbonyl (C=O) groups excluding carboxylic acids is 2. The second-order valence-corrected chi connectivity index (χ2v) is 6.00. The second kappa shape index (κ2) is 8.33. The van der Waals surface area contributed by atoms with E-state index in [-0.39, 0.29) is 20.8 Å². The van der Waals surface area contributed by atoms with Crippen LogP contribution in [0.5, 0.6) is 0 Å². The third-order valence-corrected chi connectivity index (χ3v) is 4.31. The number of carbonyl (C=O) groups is 2. The van der Waals surface area contributed by atoms with Crippen molar-refractivity contribution in [3.8, 4) is 0 Å². The van der Waals surface area contributed by atoms with E-state index in [2.05, 4.69) is 10.3 Å². The number of aromatic nitrogens is 1. The van der Waals surface area contributed by atoms with Crippen LogP contribution in [0.1, 0.15) is 23.0 Å². The Kier molecular flexibility index (Phi) is 6.43. The van der Waals surface area contributed by atoms with Gasteiger partial charge in [0.2, 0.25) is 0 Å². The molecule has 1 aromatic heterocycles. The van der Waals surface area contributed by atoms with Gasteiger partial charge >= 0.3 is 5.97 Å². The summed E-state index contributed by atoms with van der Waals surface area (Å²) in [4.78, 5) is 27.9. The highest BCUT2D eigenvalue weighted by Gasteiger charge is 2.23. The van der Waals surface area contributed by atoms with Crippen LogP contribution in [0.4, 0.5) is 0 Å². The lowest BCUT2D eigenvalue weighted by Gasteiger charge is -2.14. The van der Waals surface area contributed by atoms with Crippen LogP contribution in [0.2, 0.25) is 15.1 Å². The van der Waals surface area contributed by atoms with Crippen molar-refractivity contribution < 1.29 is 14.3 Å². The summed E-state index contributed by atoms with van der Waals surface area (Å²) in [6.45, 7) is 1.77. The highest BCUT2D eigenvalue weighted by atomic mass is 35.5. The fourth-order valence-corrected chi connectivity index (χ4v) is 2.34. The van der Waals surface area contributed by atoms with Crippen LogP contribution in [0.15, 0.2) is 36.5 Å². The van der Waals surface area contributed by atoms with E-state index in [9.17, 15) is 9.59 Å². The molecule has 24 heavy (non-hydrogen) atoms. The van der Waals surface area contributed by atoms with E-state index in [0.717, 1.165) is 5.56 Å². The van der Waals surface area contributed by atoms with Gasteiger partial charge in [-0.1, -0.05) is 65.1 Å². The molecule has 0 saturated carbocycles. The minimum atomic E-state index is -1.02. The van der Waals surface area contributed by atoms with Crippen LogP contribution in [0, 0.1) is 0 Å². The molecule has 0 aliphatic carbocycles. The maximum Gasteiger partial charge on any atom is 0.359 e. The highest BCUT2D eigenvalue weighted by molar-refractivity contribution is 6.48. The molecule has 2 aromatic rings. The maximum absolute atomic E-state index is 12.1. The fraction of sp³-hybridized carbons (Fsp3) is 0.188. The zero-order chi connectivity index (χ0) is 17.7. The number of amides is 1. The van der Waals surface area contributed by atoms with Gasteiger partial charge < -0.3 is 10.1 Å². The zero-order valence-corrected chi connectivity index (χ0v) is 14.8. The van der Waals surface area contributed by atoms with E-state index in [1.165, 1.54) is 13.1 Å². The van der Waals surface area contributed by atoms with Crippen molar-refractivity contribution in [1.29, 1.82) is 0 Å². The molecule has 1 atom stereocenters. The van der Waals surface area contributed by atoms with E-state index >= 15 is 0 Å². The van der Waals surface area contributed by atoms with Crippen LogP contribution in [-0.2, 0) is 16.1 Å². The maximum atomic E-state index is 12.1. The van der Waals surface area contributed by atoms with Crippen molar-refractivity contribution in [2.24, 2.45) is 0 Å². The summed E-state index contributed by atoms with van der Waals surface area (Å²) >= 11 is 17.5. The largest absolute Gasteiger partial charge is 0.448 e. The van der Waals surface area contributed by atoms with Gasteiger partial charge in [0, 0.05) is 12.7 Å². The number of pyridine rings is 1. The molecule has 0 fully saturated rings. The third-order valence-electron chi connectivity index (χ3n) is 3.07. The highest BCUT2D eigenvalue weighted by Crippen LogP contribution is 2.31. The van der Waals surface area contributed by atoms with E-state index in [1.54, 1.807) is 0 Å². The quantitative estimate of drug-likeness (QED) is 0.790. The first-order valence-electron chi connectivity index (χ1n) is 6.92. The molecule has 0 spiro atoms. The number of hydrogen-bond donors (Lipinski definition) is 1. The predicted molar refractivity (Wildman–Crippen MR) is 92.4 cm³/mol. The Balaban J connectivity index is 1.96. The number of nitrogens with one attached hydrogen (secondary N) is 1. The Labute approximate surface area is 153 Å². The average Bonchev–Trinajstić information content (AvgIpc) is 2.58. The van der Waals surface area contributed by atoms with Crippen LogP contribution < -0.4 is 5.32 Å². The topological polar surface area (TPSA) is 68.3 Å². The standard InChI is InChI=1S/C16H13Cl3N2O3/c1-9(15(22)21-7-10-5-3-2-4-6-10)24-16(23)14-13(19)12(18)11(17)8-20-14/h2-6,8-9H,7H2,1H3,(H,21,22). The summed E-state index contributed by atoms with van der Waals surface area (Å²) in [5, 5.41) is 2.67. The Morgan fingerprint density at radius 3 is 2.50 bits per heavy atom. The van der Waals surface area contributed by atoms with Crippen molar-refractivity contribution in [2.75, 3.05) is 0 Å². The molecule has 5 nitrogen and oxygen atoms in total. The first-order chi connectivity index (χ1) is 11.4. The minimum Gasteiger partial charge on any atom is -0.448 e. The lowest BCUT2D eigenvalue weighted by molar-refractivity contribution is -0.129. The molecular formula is C16H13Cl3N2O3. The third kappa shape index (κ3) is 4.60. The smallest absolute Gasteiger partial charge is 0.359 e.